The van der Waals surface area contributed by atoms with Crippen LogP contribution in [0.1, 0.15) is 12.5 Å². The summed E-state index contributed by atoms with van der Waals surface area (Å²) in [6.45, 7) is 2.48. The van der Waals surface area contributed by atoms with Crippen LogP contribution in [-0.2, 0) is 4.74 Å². The van der Waals surface area contributed by atoms with Gasteiger partial charge in [-0.3, -0.25) is 0 Å². The van der Waals surface area contributed by atoms with Crippen LogP contribution < -0.4 is 10.6 Å². The SMILES string of the molecule is COCC(C)N(C)c1ccc(F)cc1/C(N)=N/O. The van der Waals surface area contributed by atoms with Gasteiger partial charge in [-0.15, -0.1) is 0 Å². The Morgan fingerprint density at radius 1 is 1.61 bits per heavy atom. The van der Waals surface area contributed by atoms with Crippen LogP contribution >= 0.6 is 0 Å². The van der Waals surface area contributed by atoms with Gasteiger partial charge in [-0.2, -0.15) is 0 Å². The summed E-state index contributed by atoms with van der Waals surface area (Å²) in [6, 6.07) is 4.24. The van der Waals surface area contributed by atoms with Crippen molar-refractivity contribution in [3.05, 3.63) is 29.6 Å². The van der Waals surface area contributed by atoms with Gasteiger partial charge in [-0.05, 0) is 25.1 Å². The Morgan fingerprint density at radius 3 is 2.83 bits per heavy atom. The van der Waals surface area contributed by atoms with Crippen molar-refractivity contribution in [3.63, 3.8) is 0 Å². The first-order valence-electron chi connectivity index (χ1n) is 5.50. The second-order valence-electron chi connectivity index (χ2n) is 4.06. The van der Waals surface area contributed by atoms with Gasteiger partial charge in [-0.1, -0.05) is 5.16 Å². The molecule has 1 unspecified atom stereocenters. The lowest BCUT2D eigenvalue weighted by molar-refractivity contribution is 0.183. The lowest BCUT2D eigenvalue weighted by atomic mass is 10.1. The number of ether oxygens (including phenoxy) is 1. The maximum atomic E-state index is 13.2. The molecule has 0 saturated carbocycles. The smallest absolute Gasteiger partial charge is 0.172 e. The molecule has 0 amide bonds. The van der Waals surface area contributed by atoms with Crippen molar-refractivity contribution in [2.24, 2.45) is 10.9 Å². The molecule has 5 nitrogen and oxygen atoms in total. The number of nitrogens with zero attached hydrogens (tertiary/aromatic N) is 2. The fraction of sp³-hybridized carbons (Fsp3) is 0.417. The number of likely N-dealkylation sites (N-methyl/N-ethyl adjacent to an activating group) is 1. The second-order valence-corrected chi connectivity index (χ2v) is 4.06. The summed E-state index contributed by atoms with van der Waals surface area (Å²) in [5.74, 6) is -0.561. The first kappa shape index (κ1) is 14.2. The van der Waals surface area contributed by atoms with Gasteiger partial charge < -0.3 is 20.6 Å². The van der Waals surface area contributed by atoms with Crippen molar-refractivity contribution in [3.8, 4) is 0 Å². The van der Waals surface area contributed by atoms with Gasteiger partial charge in [0, 0.05) is 31.5 Å². The van der Waals surface area contributed by atoms with Crippen LogP contribution in [0.2, 0.25) is 0 Å². The maximum Gasteiger partial charge on any atom is 0.172 e. The van der Waals surface area contributed by atoms with Crippen LogP contribution in [0.3, 0.4) is 0 Å². The molecular formula is C12H18FN3O2. The fourth-order valence-electron chi connectivity index (χ4n) is 1.67. The van der Waals surface area contributed by atoms with E-state index in [0.717, 1.165) is 0 Å². The molecule has 0 aliphatic rings. The Bertz CT molecular complexity index is 437. The summed E-state index contributed by atoms with van der Waals surface area (Å²) < 4.78 is 18.3. The third-order valence-corrected chi connectivity index (χ3v) is 2.79. The number of oxime groups is 1. The van der Waals surface area contributed by atoms with Gasteiger partial charge in [0.1, 0.15) is 5.82 Å². The molecule has 0 heterocycles. The molecule has 1 aromatic carbocycles. The first-order valence-corrected chi connectivity index (χ1v) is 5.50. The van der Waals surface area contributed by atoms with Crippen LogP contribution in [0.5, 0.6) is 0 Å². The highest BCUT2D eigenvalue weighted by atomic mass is 19.1. The van der Waals surface area contributed by atoms with E-state index in [0.29, 0.717) is 17.9 Å². The zero-order valence-electron chi connectivity index (χ0n) is 10.7. The number of methoxy groups -OCH3 is 1. The summed E-state index contributed by atoms with van der Waals surface area (Å²) in [5.41, 5.74) is 6.58. The van der Waals surface area contributed by atoms with E-state index in [-0.39, 0.29) is 11.9 Å². The van der Waals surface area contributed by atoms with E-state index in [1.807, 2.05) is 18.9 Å². The lowest BCUT2D eigenvalue weighted by Crippen LogP contribution is -2.34. The van der Waals surface area contributed by atoms with Gasteiger partial charge in [0.25, 0.3) is 0 Å². The Hall–Kier alpha value is -1.82. The monoisotopic (exact) mass is 255 g/mol. The van der Waals surface area contributed by atoms with E-state index in [4.69, 9.17) is 15.7 Å². The number of hydrogen-bond acceptors (Lipinski definition) is 4. The molecule has 0 aliphatic heterocycles. The average molecular weight is 255 g/mol. The Balaban J connectivity index is 3.15. The summed E-state index contributed by atoms with van der Waals surface area (Å²) in [7, 11) is 3.45. The molecule has 6 heteroatoms. The zero-order valence-corrected chi connectivity index (χ0v) is 10.7. The lowest BCUT2D eigenvalue weighted by Gasteiger charge is -2.28. The van der Waals surface area contributed by atoms with Crippen molar-refractivity contribution in [2.45, 2.75) is 13.0 Å². The molecule has 0 spiro atoms. The minimum atomic E-state index is -0.437. The molecular weight excluding hydrogens is 237 g/mol. The average Bonchev–Trinajstić information content (AvgIpc) is 2.37. The maximum absolute atomic E-state index is 13.2. The molecule has 0 aromatic heterocycles. The first-order chi connectivity index (χ1) is 8.51. The quantitative estimate of drug-likeness (QED) is 0.361. The van der Waals surface area contributed by atoms with Gasteiger partial charge in [-0.25, -0.2) is 4.39 Å². The van der Waals surface area contributed by atoms with Gasteiger partial charge in [0.2, 0.25) is 0 Å². The molecule has 1 rings (SSSR count). The minimum absolute atomic E-state index is 0.0747. The number of benzene rings is 1. The summed E-state index contributed by atoms with van der Waals surface area (Å²) in [6.07, 6.45) is 0. The van der Waals surface area contributed by atoms with Crippen LogP contribution in [0, 0.1) is 5.82 Å². The third kappa shape index (κ3) is 3.10. The van der Waals surface area contributed by atoms with Gasteiger partial charge in [0.05, 0.1) is 6.61 Å². The molecule has 100 valence electrons. The molecule has 0 radical (unpaired) electrons. The van der Waals surface area contributed by atoms with Crippen molar-refractivity contribution >= 4 is 11.5 Å². The Labute approximate surface area is 106 Å². The van der Waals surface area contributed by atoms with Crippen LogP contribution in [0.4, 0.5) is 10.1 Å². The van der Waals surface area contributed by atoms with Crippen LogP contribution in [0.15, 0.2) is 23.4 Å². The second kappa shape index (κ2) is 6.20. The molecule has 1 atom stereocenters. The normalized spacial score (nSPS) is 13.4. The largest absolute Gasteiger partial charge is 0.409 e. The number of halogens is 1. The van der Waals surface area contributed by atoms with E-state index in [2.05, 4.69) is 5.16 Å². The zero-order chi connectivity index (χ0) is 13.7. The summed E-state index contributed by atoms with van der Waals surface area (Å²) in [4.78, 5) is 1.89. The van der Waals surface area contributed by atoms with Crippen LogP contribution in [0.25, 0.3) is 0 Å². The highest BCUT2D eigenvalue weighted by Crippen LogP contribution is 2.22. The predicted octanol–water partition coefficient (Wildman–Crippen LogP) is 1.39. The van der Waals surface area contributed by atoms with Crippen molar-refractivity contribution < 1.29 is 14.3 Å². The summed E-state index contributed by atoms with van der Waals surface area (Å²) in [5, 5.41) is 11.6. The van der Waals surface area contributed by atoms with E-state index < -0.39 is 5.82 Å². The van der Waals surface area contributed by atoms with Crippen molar-refractivity contribution in [1.29, 1.82) is 0 Å². The van der Waals surface area contributed by atoms with Crippen molar-refractivity contribution in [2.75, 3.05) is 25.7 Å². The number of hydrogen-bond donors (Lipinski definition) is 2. The minimum Gasteiger partial charge on any atom is -0.409 e. The van der Waals surface area contributed by atoms with E-state index in [9.17, 15) is 4.39 Å². The predicted molar refractivity (Wildman–Crippen MR) is 68.7 cm³/mol. The summed E-state index contributed by atoms with van der Waals surface area (Å²) >= 11 is 0. The molecule has 18 heavy (non-hydrogen) atoms. The highest BCUT2D eigenvalue weighted by molar-refractivity contribution is 6.02. The number of nitrogens with two attached hydrogens (primary N) is 1. The number of rotatable bonds is 5. The van der Waals surface area contributed by atoms with E-state index in [1.165, 1.54) is 12.1 Å². The highest BCUT2D eigenvalue weighted by Gasteiger charge is 2.16. The molecule has 0 aliphatic carbocycles. The Kier molecular flexibility index (Phi) is 4.91. The number of anilines is 1. The van der Waals surface area contributed by atoms with Gasteiger partial charge in [0.15, 0.2) is 5.84 Å². The third-order valence-electron chi connectivity index (χ3n) is 2.79. The van der Waals surface area contributed by atoms with Crippen LogP contribution in [-0.4, -0.2) is 37.8 Å². The van der Waals surface area contributed by atoms with Gasteiger partial charge >= 0.3 is 0 Å². The van der Waals surface area contributed by atoms with Crippen molar-refractivity contribution in [1.82, 2.24) is 0 Å². The standard InChI is InChI=1S/C12H18FN3O2/c1-8(7-18-3)16(2)11-5-4-9(13)6-10(11)12(14)15-17/h4-6,8,17H,7H2,1-3H3,(H2,14,15). The molecule has 0 fully saturated rings. The molecule has 3 N–H and O–H groups in total. The fourth-order valence-corrected chi connectivity index (χ4v) is 1.67. The Morgan fingerprint density at radius 2 is 2.28 bits per heavy atom. The van der Waals surface area contributed by atoms with E-state index >= 15 is 0 Å². The number of amidine groups is 1. The molecule has 0 bridgehead atoms. The molecule has 0 saturated heterocycles. The van der Waals surface area contributed by atoms with E-state index in [1.54, 1.807) is 13.2 Å². The topological polar surface area (TPSA) is 71.1 Å². The molecule has 1 aromatic rings.